The van der Waals surface area contributed by atoms with Crippen LogP contribution in [0.3, 0.4) is 0 Å². The lowest BCUT2D eigenvalue weighted by Crippen LogP contribution is -2.40. The Morgan fingerprint density at radius 3 is 2.94 bits per heavy atom. The minimum Gasteiger partial charge on any atom is -0.481 e. The lowest BCUT2D eigenvalue weighted by Gasteiger charge is -2.24. The summed E-state index contributed by atoms with van der Waals surface area (Å²) >= 11 is 0. The summed E-state index contributed by atoms with van der Waals surface area (Å²) < 4.78 is 10.2. The lowest BCUT2D eigenvalue weighted by atomic mass is 10.0. The molecule has 1 N–H and O–H groups in total. The van der Waals surface area contributed by atoms with Crippen LogP contribution in [0.5, 0.6) is 0 Å². The maximum atomic E-state index is 11.1. The van der Waals surface area contributed by atoms with Gasteiger partial charge in [0.15, 0.2) is 5.82 Å². The van der Waals surface area contributed by atoms with Gasteiger partial charge in [-0.15, -0.1) is 0 Å². The van der Waals surface area contributed by atoms with Gasteiger partial charge in [-0.05, 0) is 7.05 Å². The van der Waals surface area contributed by atoms with E-state index < -0.39 is 11.9 Å². The number of hydrogen-bond acceptors (Lipinski definition) is 6. The zero-order valence-corrected chi connectivity index (χ0v) is 10.5. The number of rotatable bonds is 5. The Balaban J connectivity index is 1.98. The van der Waals surface area contributed by atoms with Crippen LogP contribution >= 0.6 is 0 Å². The van der Waals surface area contributed by atoms with Crippen molar-refractivity contribution < 1.29 is 19.2 Å². The van der Waals surface area contributed by atoms with Crippen LogP contribution in [-0.4, -0.2) is 52.4 Å². The number of carboxylic acids is 1. The van der Waals surface area contributed by atoms with E-state index in [9.17, 15) is 4.79 Å². The third kappa shape index (κ3) is 2.68. The third-order valence-corrected chi connectivity index (χ3v) is 3.14. The van der Waals surface area contributed by atoms with E-state index in [-0.39, 0.29) is 12.6 Å². The zero-order valence-electron chi connectivity index (χ0n) is 10.5. The second kappa shape index (κ2) is 5.45. The summed E-state index contributed by atoms with van der Waals surface area (Å²) in [5.41, 5.74) is 0. The molecule has 100 valence electrons. The SMILES string of the molecule is CCc1nc(CN(C)C2COCC2C(=O)O)no1. The molecule has 1 saturated heterocycles. The number of aliphatic carboxylic acids is 1. The first-order valence-corrected chi connectivity index (χ1v) is 5.94. The molecule has 0 aromatic carbocycles. The zero-order chi connectivity index (χ0) is 13.1. The minimum absolute atomic E-state index is 0.147. The van der Waals surface area contributed by atoms with Gasteiger partial charge in [-0.3, -0.25) is 9.69 Å². The fourth-order valence-corrected chi connectivity index (χ4v) is 2.05. The molecule has 0 aliphatic carbocycles. The largest absolute Gasteiger partial charge is 0.481 e. The Bertz CT molecular complexity index is 420. The van der Waals surface area contributed by atoms with Crippen LogP contribution in [0.25, 0.3) is 0 Å². The first-order chi connectivity index (χ1) is 8.61. The normalized spacial score (nSPS) is 23.7. The van der Waals surface area contributed by atoms with E-state index in [4.69, 9.17) is 14.4 Å². The van der Waals surface area contributed by atoms with Crippen molar-refractivity contribution in [3.05, 3.63) is 11.7 Å². The number of carboxylic acid groups (broad SMARTS) is 1. The first kappa shape index (κ1) is 13.0. The van der Waals surface area contributed by atoms with Gasteiger partial charge in [-0.25, -0.2) is 0 Å². The number of aromatic nitrogens is 2. The quantitative estimate of drug-likeness (QED) is 0.801. The molecular formula is C11H17N3O4. The fraction of sp³-hybridized carbons (Fsp3) is 0.727. The monoisotopic (exact) mass is 255 g/mol. The molecule has 1 fully saturated rings. The van der Waals surface area contributed by atoms with Gasteiger partial charge in [0, 0.05) is 12.5 Å². The van der Waals surface area contributed by atoms with Crippen molar-refractivity contribution >= 4 is 5.97 Å². The van der Waals surface area contributed by atoms with E-state index in [2.05, 4.69) is 10.1 Å². The Hall–Kier alpha value is -1.47. The highest BCUT2D eigenvalue weighted by atomic mass is 16.5. The summed E-state index contributed by atoms with van der Waals surface area (Å²) in [6.45, 7) is 3.08. The highest BCUT2D eigenvalue weighted by Crippen LogP contribution is 2.20. The molecule has 7 heteroatoms. The summed E-state index contributed by atoms with van der Waals surface area (Å²) in [4.78, 5) is 17.2. The van der Waals surface area contributed by atoms with Crippen molar-refractivity contribution in [3.63, 3.8) is 0 Å². The molecule has 0 saturated carbocycles. The van der Waals surface area contributed by atoms with Gasteiger partial charge >= 0.3 is 5.97 Å². The van der Waals surface area contributed by atoms with Crippen LogP contribution in [0.4, 0.5) is 0 Å². The Morgan fingerprint density at radius 1 is 1.56 bits per heavy atom. The van der Waals surface area contributed by atoms with Crippen LogP contribution in [0.2, 0.25) is 0 Å². The van der Waals surface area contributed by atoms with Gasteiger partial charge in [-0.1, -0.05) is 12.1 Å². The van der Waals surface area contributed by atoms with Crippen molar-refractivity contribution in [1.29, 1.82) is 0 Å². The maximum absolute atomic E-state index is 11.1. The highest BCUT2D eigenvalue weighted by molar-refractivity contribution is 5.71. The van der Waals surface area contributed by atoms with Gasteiger partial charge < -0.3 is 14.4 Å². The molecule has 0 spiro atoms. The summed E-state index contributed by atoms with van der Waals surface area (Å²) in [6, 6.07) is -0.147. The van der Waals surface area contributed by atoms with Crippen molar-refractivity contribution in [3.8, 4) is 0 Å². The van der Waals surface area contributed by atoms with Crippen molar-refractivity contribution in [2.45, 2.75) is 25.9 Å². The molecule has 1 aromatic rings. The van der Waals surface area contributed by atoms with E-state index in [1.54, 1.807) is 0 Å². The van der Waals surface area contributed by atoms with E-state index in [1.165, 1.54) is 0 Å². The van der Waals surface area contributed by atoms with E-state index in [1.807, 2.05) is 18.9 Å². The Labute approximate surface area is 105 Å². The van der Waals surface area contributed by atoms with Crippen LogP contribution < -0.4 is 0 Å². The van der Waals surface area contributed by atoms with E-state index >= 15 is 0 Å². The van der Waals surface area contributed by atoms with Crippen LogP contribution in [0, 0.1) is 5.92 Å². The number of nitrogens with zero attached hydrogens (tertiary/aromatic N) is 3. The standard InChI is InChI=1S/C11H17N3O4/c1-3-10-12-9(13-18-10)4-14(2)8-6-17-5-7(8)11(15)16/h7-8H,3-6H2,1-2H3,(H,15,16). The Kier molecular flexibility index (Phi) is 3.93. The molecule has 1 aliphatic heterocycles. The van der Waals surface area contributed by atoms with Crippen LogP contribution in [0.15, 0.2) is 4.52 Å². The third-order valence-electron chi connectivity index (χ3n) is 3.14. The molecule has 18 heavy (non-hydrogen) atoms. The van der Waals surface area contributed by atoms with Gasteiger partial charge in [0.1, 0.15) is 0 Å². The number of ether oxygens (including phenoxy) is 1. The molecule has 2 atom stereocenters. The van der Waals surface area contributed by atoms with Gasteiger partial charge in [0.2, 0.25) is 5.89 Å². The molecule has 1 aliphatic rings. The smallest absolute Gasteiger partial charge is 0.310 e. The highest BCUT2D eigenvalue weighted by Gasteiger charge is 2.36. The fourth-order valence-electron chi connectivity index (χ4n) is 2.05. The predicted octanol–water partition coefficient (Wildman–Crippen LogP) is 0.163. The van der Waals surface area contributed by atoms with Crippen LogP contribution in [0.1, 0.15) is 18.6 Å². The van der Waals surface area contributed by atoms with Gasteiger partial charge in [0.05, 0.1) is 25.7 Å². The first-order valence-electron chi connectivity index (χ1n) is 5.94. The predicted molar refractivity (Wildman–Crippen MR) is 60.9 cm³/mol. The molecule has 2 rings (SSSR count). The molecule has 7 nitrogen and oxygen atoms in total. The van der Waals surface area contributed by atoms with E-state index in [0.29, 0.717) is 31.3 Å². The molecule has 2 unspecified atom stereocenters. The van der Waals surface area contributed by atoms with E-state index in [0.717, 1.165) is 0 Å². The number of hydrogen-bond donors (Lipinski definition) is 1. The summed E-state index contributed by atoms with van der Waals surface area (Å²) in [5.74, 6) is -0.152. The average Bonchev–Trinajstić information content (AvgIpc) is 2.96. The number of aryl methyl sites for hydroxylation is 1. The second-order valence-electron chi connectivity index (χ2n) is 4.42. The van der Waals surface area contributed by atoms with Crippen molar-refractivity contribution in [2.75, 3.05) is 20.3 Å². The summed E-state index contributed by atoms with van der Waals surface area (Å²) in [5, 5.41) is 12.9. The molecule has 2 heterocycles. The number of likely N-dealkylation sites (N-methyl/N-ethyl adjacent to an activating group) is 1. The second-order valence-corrected chi connectivity index (χ2v) is 4.42. The molecule has 0 amide bonds. The summed E-state index contributed by atoms with van der Waals surface area (Å²) in [7, 11) is 1.84. The molecule has 1 aromatic heterocycles. The Morgan fingerprint density at radius 2 is 2.33 bits per heavy atom. The molecular weight excluding hydrogens is 238 g/mol. The minimum atomic E-state index is -0.827. The van der Waals surface area contributed by atoms with Gasteiger partial charge in [-0.2, -0.15) is 4.98 Å². The summed E-state index contributed by atoms with van der Waals surface area (Å²) in [6.07, 6.45) is 0.695. The van der Waals surface area contributed by atoms with Crippen molar-refractivity contribution in [2.24, 2.45) is 5.92 Å². The maximum Gasteiger partial charge on any atom is 0.310 e. The molecule has 0 bridgehead atoms. The molecule has 0 radical (unpaired) electrons. The van der Waals surface area contributed by atoms with Crippen LogP contribution in [-0.2, 0) is 22.5 Å². The van der Waals surface area contributed by atoms with Crippen molar-refractivity contribution in [1.82, 2.24) is 15.0 Å². The topological polar surface area (TPSA) is 88.7 Å². The average molecular weight is 255 g/mol. The van der Waals surface area contributed by atoms with Gasteiger partial charge in [0.25, 0.3) is 0 Å². The lowest BCUT2D eigenvalue weighted by molar-refractivity contribution is -0.143. The number of carbonyl (C=O) groups is 1.